The lowest BCUT2D eigenvalue weighted by Crippen LogP contribution is -2.12. The molecule has 3 aromatic heterocycles. The molecule has 0 bridgehead atoms. The molecule has 5 nitrogen and oxygen atoms in total. The van der Waals surface area contributed by atoms with Gasteiger partial charge in [0.2, 0.25) is 0 Å². The Hall–Kier alpha value is -3.08. The van der Waals surface area contributed by atoms with Crippen LogP contribution in [-0.4, -0.2) is 19.9 Å². The van der Waals surface area contributed by atoms with E-state index in [9.17, 15) is 0 Å². The third-order valence-corrected chi connectivity index (χ3v) is 3.69. The van der Waals surface area contributed by atoms with Gasteiger partial charge in [0.15, 0.2) is 0 Å². The Morgan fingerprint density at radius 1 is 1.00 bits per heavy atom. The van der Waals surface area contributed by atoms with Crippen molar-refractivity contribution in [2.75, 3.05) is 5.43 Å². The van der Waals surface area contributed by atoms with E-state index in [0.29, 0.717) is 6.54 Å². The van der Waals surface area contributed by atoms with Gasteiger partial charge in [0.25, 0.3) is 0 Å². The number of hydrogen-bond donors (Lipinski definition) is 2. The van der Waals surface area contributed by atoms with Crippen LogP contribution in [0.2, 0.25) is 0 Å². The average molecular weight is 289 g/mol. The molecule has 0 aliphatic rings. The van der Waals surface area contributed by atoms with E-state index < -0.39 is 0 Å². The molecule has 3 heterocycles. The van der Waals surface area contributed by atoms with Gasteiger partial charge in [-0.25, -0.2) is 0 Å². The minimum absolute atomic E-state index is 0.670. The van der Waals surface area contributed by atoms with Gasteiger partial charge in [-0.3, -0.25) is 14.8 Å². The molecule has 1 aromatic carbocycles. The quantitative estimate of drug-likeness (QED) is 0.606. The molecule has 4 aromatic rings. The van der Waals surface area contributed by atoms with Gasteiger partial charge in [0.1, 0.15) is 0 Å². The summed E-state index contributed by atoms with van der Waals surface area (Å²) in [5.74, 6) is 0. The predicted molar refractivity (Wildman–Crippen MR) is 86.8 cm³/mol. The molecule has 108 valence electrons. The van der Waals surface area contributed by atoms with Crippen LogP contribution in [0.1, 0.15) is 5.69 Å². The van der Waals surface area contributed by atoms with Gasteiger partial charge in [-0.05, 0) is 41.5 Å². The van der Waals surface area contributed by atoms with Gasteiger partial charge >= 0.3 is 0 Å². The number of rotatable bonds is 4. The van der Waals surface area contributed by atoms with E-state index in [1.807, 2.05) is 41.3 Å². The molecule has 0 aliphatic heterocycles. The summed E-state index contributed by atoms with van der Waals surface area (Å²) in [7, 11) is 0. The Balaban J connectivity index is 1.63. The van der Waals surface area contributed by atoms with Crippen LogP contribution in [0, 0.1) is 0 Å². The summed E-state index contributed by atoms with van der Waals surface area (Å²) < 4.78 is 1.92. The Labute approximate surface area is 127 Å². The summed E-state index contributed by atoms with van der Waals surface area (Å²) in [5, 5.41) is 8.67. The van der Waals surface area contributed by atoms with Crippen molar-refractivity contribution in [1.29, 1.82) is 0 Å². The van der Waals surface area contributed by atoms with E-state index in [1.165, 1.54) is 0 Å². The summed E-state index contributed by atoms with van der Waals surface area (Å²) in [4.78, 5) is 4.06. The van der Waals surface area contributed by atoms with E-state index in [-0.39, 0.29) is 0 Å². The Morgan fingerprint density at radius 3 is 2.64 bits per heavy atom. The molecule has 0 amide bonds. The lowest BCUT2D eigenvalue weighted by molar-refractivity contribution is 0.826. The maximum absolute atomic E-state index is 4.42. The smallest absolute Gasteiger partial charge is 0.0908 e. The number of nitrogens with zero attached hydrogens (tertiary/aromatic N) is 3. The highest BCUT2D eigenvalue weighted by Crippen LogP contribution is 2.24. The fraction of sp³-hybridized carbons (Fsp3) is 0.0588. The third kappa shape index (κ3) is 2.33. The van der Waals surface area contributed by atoms with Crippen molar-refractivity contribution >= 4 is 10.9 Å². The highest BCUT2D eigenvalue weighted by atomic mass is 15.4. The fourth-order valence-electron chi connectivity index (χ4n) is 2.54. The highest BCUT2D eigenvalue weighted by molar-refractivity contribution is 5.86. The first-order chi connectivity index (χ1) is 10.9. The van der Waals surface area contributed by atoms with Crippen molar-refractivity contribution in [3.63, 3.8) is 0 Å². The molecule has 0 saturated heterocycles. The molecule has 0 unspecified atom stereocenters. The summed E-state index contributed by atoms with van der Waals surface area (Å²) >= 11 is 0. The Morgan fingerprint density at radius 2 is 1.82 bits per heavy atom. The lowest BCUT2D eigenvalue weighted by Gasteiger charge is -2.05. The number of aromatic nitrogens is 4. The van der Waals surface area contributed by atoms with Crippen LogP contribution in [0.3, 0.4) is 0 Å². The summed E-state index contributed by atoms with van der Waals surface area (Å²) in [6.07, 6.45) is 7.55. The zero-order chi connectivity index (χ0) is 14.8. The van der Waals surface area contributed by atoms with E-state index >= 15 is 0 Å². The van der Waals surface area contributed by atoms with Crippen LogP contribution in [0.5, 0.6) is 0 Å². The minimum atomic E-state index is 0.670. The Kier molecular flexibility index (Phi) is 3.08. The molecular weight excluding hydrogens is 274 g/mol. The van der Waals surface area contributed by atoms with Gasteiger partial charge in [0, 0.05) is 30.2 Å². The summed E-state index contributed by atoms with van der Waals surface area (Å²) in [6, 6.07) is 14.3. The fourth-order valence-corrected chi connectivity index (χ4v) is 2.54. The number of nitrogens with one attached hydrogen (secondary N) is 2. The second-order valence-electron chi connectivity index (χ2n) is 5.09. The molecule has 4 rings (SSSR count). The van der Waals surface area contributed by atoms with E-state index in [0.717, 1.165) is 27.7 Å². The molecule has 22 heavy (non-hydrogen) atoms. The first-order valence-electron chi connectivity index (χ1n) is 7.14. The normalized spacial score (nSPS) is 10.9. The number of aromatic amines is 1. The van der Waals surface area contributed by atoms with Gasteiger partial charge in [-0.1, -0.05) is 12.1 Å². The average Bonchev–Trinajstić information content (AvgIpc) is 3.23. The SMILES string of the molecule is c1ccn(NCc2n[nH]c3cc(-c4ccncc4)ccc23)c1. The van der Waals surface area contributed by atoms with Crippen LogP contribution < -0.4 is 5.43 Å². The largest absolute Gasteiger partial charge is 0.320 e. The molecule has 0 spiro atoms. The predicted octanol–water partition coefficient (Wildman–Crippen LogP) is 3.17. The number of fused-ring (bicyclic) bond motifs is 1. The van der Waals surface area contributed by atoms with Crippen molar-refractivity contribution in [2.45, 2.75) is 6.54 Å². The molecule has 0 atom stereocenters. The van der Waals surface area contributed by atoms with Gasteiger partial charge < -0.3 is 5.43 Å². The van der Waals surface area contributed by atoms with Crippen LogP contribution in [0.25, 0.3) is 22.0 Å². The Bertz CT molecular complexity index is 878. The second kappa shape index (κ2) is 5.37. The van der Waals surface area contributed by atoms with E-state index in [4.69, 9.17) is 0 Å². The first kappa shape index (κ1) is 12.6. The number of hydrogen-bond acceptors (Lipinski definition) is 3. The zero-order valence-electron chi connectivity index (χ0n) is 11.9. The zero-order valence-corrected chi connectivity index (χ0v) is 11.9. The summed E-state index contributed by atoms with van der Waals surface area (Å²) in [5.41, 5.74) is 7.64. The minimum Gasteiger partial charge on any atom is -0.320 e. The molecular formula is C17H15N5. The number of H-pyrrole nitrogens is 1. The number of benzene rings is 1. The molecule has 0 saturated carbocycles. The summed E-state index contributed by atoms with van der Waals surface area (Å²) in [6.45, 7) is 0.670. The van der Waals surface area contributed by atoms with Crippen molar-refractivity contribution in [3.05, 3.63) is 72.9 Å². The van der Waals surface area contributed by atoms with Crippen LogP contribution in [0.15, 0.2) is 67.3 Å². The molecule has 2 N–H and O–H groups in total. The van der Waals surface area contributed by atoms with Crippen molar-refractivity contribution in [1.82, 2.24) is 19.9 Å². The maximum Gasteiger partial charge on any atom is 0.0908 e. The lowest BCUT2D eigenvalue weighted by atomic mass is 10.0. The third-order valence-electron chi connectivity index (χ3n) is 3.69. The maximum atomic E-state index is 4.42. The van der Waals surface area contributed by atoms with Crippen LogP contribution >= 0.6 is 0 Å². The second-order valence-corrected chi connectivity index (χ2v) is 5.09. The van der Waals surface area contributed by atoms with E-state index in [2.05, 4.69) is 38.8 Å². The van der Waals surface area contributed by atoms with Crippen LogP contribution in [0.4, 0.5) is 0 Å². The number of pyridine rings is 1. The molecule has 0 aliphatic carbocycles. The van der Waals surface area contributed by atoms with Gasteiger partial charge in [-0.15, -0.1) is 0 Å². The molecule has 0 radical (unpaired) electrons. The first-order valence-corrected chi connectivity index (χ1v) is 7.14. The van der Waals surface area contributed by atoms with Gasteiger partial charge in [0.05, 0.1) is 17.8 Å². The molecule has 5 heteroatoms. The van der Waals surface area contributed by atoms with Crippen LogP contribution in [-0.2, 0) is 6.54 Å². The molecule has 0 fully saturated rings. The highest BCUT2D eigenvalue weighted by Gasteiger charge is 2.07. The topological polar surface area (TPSA) is 58.5 Å². The van der Waals surface area contributed by atoms with Crippen molar-refractivity contribution < 1.29 is 0 Å². The van der Waals surface area contributed by atoms with E-state index in [1.54, 1.807) is 12.4 Å². The van der Waals surface area contributed by atoms with Crippen molar-refractivity contribution in [2.24, 2.45) is 0 Å². The van der Waals surface area contributed by atoms with Gasteiger partial charge in [-0.2, -0.15) is 5.10 Å². The standard InChI is InChI=1S/C17H15N5/c1-2-10-22(9-1)19-12-17-15-4-3-14(11-16(15)20-21-17)13-5-7-18-8-6-13/h1-11,19H,12H2,(H,20,21). The monoisotopic (exact) mass is 289 g/mol. The van der Waals surface area contributed by atoms with Crippen molar-refractivity contribution in [3.8, 4) is 11.1 Å².